The Morgan fingerprint density at radius 3 is 2.65 bits per heavy atom. The Morgan fingerprint density at radius 2 is 2.12 bits per heavy atom. The molecule has 0 amide bonds. The summed E-state index contributed by atoms with van der Waals surface area (Å²) in [5.74, 6) is -1.26. The molecule has 0 aliphatic carbocycles. The van der Waals surface area contributed by atoms with Gasteiger partial charge in [-0.3, -0.25) is 0 Å². The first-order chi connectivity index (χ1) is 7.97. The van der Waals surface area contributed by atoms with Gasteiger partial charge in [0.05, 0.1) is 13.2 Å². The van der Waals surface area contributed by atoms with E-state index in [9.17, 15) is 15.0 Å². The topological polar surface area (TPSA) is 96.2 Å². The Labute approximate surface area is 99.5 Å². The van der Waals surface area contributed by atoms with Crippen molar-refractivity contribution in [2.45, 2.75) is 32.5 Å². The Bertz CT molecular complexity index is 309. The van der Waals surface area contributed by atoms with Crippen LogP contribution in [-0.2, 0) is 14.3 Å². The van der Waals surface area contributed by atoms with Crippen LogP contribution in [0.3, 0.4) is 0 Å². The minimum absolute atomic E-state index is 0.0998. The van der Waals surface area contributed by atoms with Crippen molar-refractivity contribution in [3.05, 3.63) is 11.5 Å². The average Bonchev–Trinajstić information content (AvgIpc) is 2.55. The lowest BCUT2D eigenvalue weighted by molar-refractivity contribution is -0.148. The van der Waals surface area contributed by atoms with Crippen LogP contribution >= 0.6 is 0 Å². The van der Waals surface area contributed by atoms with Crippen molar-refractivity contribution in [1.29, 1.82) is 0 Å². The van der Waals surface area contributed by atoms with Gasteiger partial charge in [0, 0.05) is 0 Å². The minimum atomic E-state index is -1.29. The van der Waals surface area contributed by atoms with Gasteiger partial charge in [-0.25, -0.2) is 4.79 Å². The van der Waals surface area contributed by atoms with Gasteiger partial charge in [0.2, 0.25) is 5.76 Å². The van der Waals surface area contributed by atoms with Crippen LogP contribution in [0.4, 0.5) is 0 Å². The van der Waals surface area contributed by atoms with E-state index in [1.54, 1.807) is 0 Å². The van der Waals surface area contributed by atoms with E-state index in [0.717, 1.165) is 6.42 Å². The van der Waals surface area contributed by atoms with Crippen LogP contribution < -0.4 is 0 Å². The second-order valence-corrected chi connectivity index (χ2v) is 4.32. The predicted octanol–water partition coefficient (Wildman–Crippen LogP) is 0.0973. The summed E-state index contributed by atoms with van der Waals surface area (Å²) in [7, 11) is 0. The zero-order valence-corrected chi connectivity index (χ0v) is 9.92. The van der Waals surface area contributed by atoms with Gasteiger partial charge in [-0.2, -0.15) is 0 Å². The third-order valence-corrected chi connectivity index (χ3v) is 2.41. The first-order valence-electron chi connectivity index (χ1n) is 5.53. The van der Waals surface area contributed by atoms with Gasteiger partial charge in [0.1, 0.15) is 6.10 Å². The zero-order valence-electron chi connectivity index (χ0n) is 9.92. The van der Waals surface area contributed by atoms with Crippen LogP contribution in [0.2, 0.25) is 0 Å². The molecule has 17 heavy (non-hydrogen) atoms. The van der Waals surface area contributed by atoms with E-state index in [1.165, 1.54) is 0 Å². The molecular formula is C11H18O6. The smallest absolute Gasteiger partial charge is 0.378 e. The molecule has 6 heteroatoms. The lowest BCUT2D eigenvalue weighted by atomic mass is 10.1. The first-order valence-corrected chi connectivity index (χ1v) is 5.53. The Balaban J connectivity index is 2.66. The highest BCUT2D eigenvalue weighted by Gasteiger charge is 2.40. The fourth-order valence-electron chi connectivity index (χ4n) is 1.36. The molecule has 3 N–H and O–H groups in total. The van der Waals surface area contributed by atoms with E-state index in [4.69, 9.17) is 14.6 Å². The lowest BCUT2D eigenvalue weighted by Gasteiger charge is -2.18. The quantitative estimate of drug-likeness (QED) is 0.575. The Hall–Kier alpha value is -1.27. The number of aliphatic hydroxyl groups is 3. The molecule has 1 heterocycles. The highest BCUT2D eigenvalue weighted by molar-refractivity contribution is 5.89. The maximum Gasteiger partial charge on any atom is 0.378 e. The van der Waals surface area contributed by atoms with Gasteiger partial charge in [-0.05, 0) is 12.3 Å². The summed E-state index contributed by atoms with van der Waals surface area (Å²) in [6.45, 7) is 3.74. The highest BCUT2D eigenvalue weighted by atomic mass is 16.6. The monoisotopic (exact) mass is 246 g/mol. The molecule has 0 radical (unpaired) electrons. The first kappa shape index (κ1) is 13.8. The summed E-state index contributed by atoms with van der Waals surface area (Å²) >= 11 is 0. The van der Waals surface area contributed by atoms with Gasteiger partial charge >= 0.3 is 5.97 Å². The molecule has 1 rings (SSSR count). The molecular weight excluding hydrogens is 228 g/mol. The van der Waals surface area contributed by atoms with E-state index in [-0.39, 0.29) is 5.76 Å². The summed E-state index contributed by atoms with van der Waals surface area (Å²) in [5, 5.41) is 27.6. The van der Waals surface area contributed by atoms with Crippen molar-refractivity contribution < 1.29 is 29.6 Å². The summed E-state index contributed by atoms with van der Waals surface area (Å²) in [4.78, 5) is 11.1. The number of carbonyl (C=O) groups excluding carboxylic acids is 1. The second-order valence-electron chi connectivity index (χ2n) is 4.32. The van der Waals surface area contributed by atoms with Crippen molar-refractivity contribution in [3.63, 3.8) is 0 Å². The predicted molar refractivity (Wildman–Crippen MR) is 58.0 cm³/mol. The molecule has 0 unspecified atom stereocenters. The number of rotatable bonds is 6. The lowest BCUT2D eigenvalue weighted by Crippen LogP contribution is -2.32. The van der Waals surface area contributed by atoms with E-state index < -0.39 is 30.5 Å². The van der Waals surface area contributed by atoms with Crippen LogP contribution in [0.15, 0.2) is 11.5 Å². The largest absolute Gasteiger partial charge is 0.499 e. The van der Waals surface area contributed by atoms with Crippen molar-refractivity contribution >= 4 is 5.97 Å². The molecule has 0 aromatic carbocycles. The molecule has 2 atom stereocenters. The van der Waals surface area contributed by atoms with E-state index in [1.807, 2.05) is 13.8 Å². The summed E-state index contributed by atoms with van der Waals surface area (Å²) in [5.41, 5.74) is 0. The molecule has 0 aromatic heterocycles. The van der Waals surface area contributed by atoms with Gasteiger partial charge in [0.15, 0.2) is 11.9 Å². The highest BCUT2D eigenvalue weighted by Crippen LogP contribution is 2.25. The zero-order chi connectivity index (χ0) is 13.0. The normalized spacial score (nSPS) is 21.9. The van der Waals surface area contributed by atoms with Crippen molar-refractivity contribution in [3.8, 4) is 0 Å². The molecule has 0 fully saturated rings. The number of hydrogen-bond acceptors (Lipinski definition) is 6. The van der Waals surface area contributed by atoms with Crippen molar-refractivity contribution in [1.82, 2.24) is 0 Å². The van der Waals surface area contributed by atoms with Crippen molar-refractivity contribution in [2.24, 2.45) is 5.92 Å². The van der Waals surface area contributed by atoms with Crippen molar-refractivity contribution in [2.75, 3.05) is 13.2 Å². The van der Waals surface area contributed by atoms with E-state index >= 15 is 0 Å². The summed E-state index contributed by atoms with van der Waals surface area (Å²) < 4.78 is 9.94. The van der Waals surface area contributed by atoms with Crippen LogP contribution in [0, 0.1) is 5.92 Å². The van der Waals surface area contributed by atoms with Crippen LogP contribution in [0.1, 0.15) is 20.3 Å². The van der Waals surface area contributed by atoms with Crippen LogP contribution in [0.25, 0.3) is 0 Å². The third kappa shape index (κ3) is 3.34. The molecule has 6 nitrogen and oxygen atoms in total. The minimum Gasteiger partial charge on any atom is -0.499 e. The maximum absolute atomic E-state index is 11.1. The molecule has 0 saturated carbocycles. The molecule has 0 aromatic rings. The van der Waals surface area contributed by atoms with Crippen LogP contribution in [0.5, 0.6) is 0 Å². The molecule has 98 valence electrons. The Morgan fingerprint density at radius 1 is 1.47 bits per heavy atom. The number of ether oxygens (including phenoxy) is 2. The second kappa shape index (κ2) is 5.88. The SMILES string of the molecule is CC(C)CCOC1=C(O)C(=O)O[C@@H]1[C@@H](O)CO. The molecule has 0 spiro atoms. The standard InChI is InChI=1S/C11H18O6/c1-6(2)3-4-16-10-8(14)11(15)17-9(10)7(13)5-12/h6-7,9,12-14H,3-5H2,1-2H3/t7-,9+/m0/s1. The fourth-order valence-corrected chi connectivity index (χ4v) is 1.36. The number of hydrogen-bond donors (Lipinski definition) is 3. The van der Waals surface area contributed by atoms with Gasteiger partial charge < -0.3 is 24.8 Å². The average molecular weight is 246 g/mol. The Kier molecular flexibility index (Phi) is 4.77. The van der Waals surface area contributed by atoms with E-state index in [0.29, 0.717) is 12.5 Å². The molecule has 0 bridgehead atoms. The van der Waals surface area contributed by atoms with Crippen LogP contribution in [-0.4, -0.2) is 46.7 Å². The maximum atomic E-state index is 11.1. The number of aliphatic hydroxyl groups excluding tert-OH is 3. The van der Waals surface area contributed by atoms with Gasteiger partial charge in [0.25, 0.3) is 0 Å². The third-order valence-electron chi connectivity index (χ3n) is 2.41. The van der Waals surface area contributed by atoms with Gasteiger partial charge in [-0.1, -0.05) is 13.8 Å². The number of esters is 1. The molecule has 1 aliphatic heterocycles. The molecule has 0 saturated heterocycles. The van der Waals surface area contributed by atoms with E-state index in [2.05, 4.69) is 0 Å². The fraction of sp³-hybridized carbons (Fsp3) is 0.727. The van der Waals surface area contributed by atoms with Gasteiger partial charge in [-0.15, -0.1) is 0 Å². The summed E-state index contributed by atoms with van der Waals surface area (Å²) in [6, 6.07) is 0. The number of carbonyl (C=O) groups is 1. The number of cyclic esters (lactones) is 1. The molecule has 1 aliphatic rings. The summed E-state index contributed by atoms with van der Waals surface area (Å²) in [6.07, 6.45) is -1.68.